The number of rotatable bonds is 4. The standard InChI is InChI=1S/C12H14N4O3S/c1-8-9(12(17)13-2)4-3-5-10(8)16-20(18,19)11-6-7-14-15-11/h3-7,16H,1-2H3,(H,13,17)(H,14,15). The Morgan fingerprint density at radius 1 is 1.30 bits per heavy atom. The Hall–Kier alpha value is -2.35. The van der Waals surface area contributed by atoms with Gasteiger partial charge in [-0.3, -0.25) is 14.6 Å². The molecule has 0 aliphatic rings. The van der Waals surface area contributed by atoms with Gasteiger partial charge in [-0.15, -0.1) is 0 Å². The van der Waals surface area contributed by atoms with Crippen LogP contribution in [0.3, 0.4) is 0 Å². The molecule has 1 heterocycles. The number of aromatic amines is 1. The predicted molar refractivity (Wildman–Crippen MR) is 74.0 cm³/mol. The molecule has 0 spiro atoms. The Labute approximate surface area is 116 Å². The van der Waals surface area contributed by atoms with Crippen molar-refractivity contribution in [3.63, 3.8) is 0 Å². The minimum absolute atomic E-state index is 0.0396. The molecule has 1 amide bonds. The molecule has 0 fully saturated rings. The molecule has 20 heavy (non-hydrogen) atoms. The molecule has 0 bridgehead atoms. The highest BCUT2D eigenvalue weighted by Crippen LogP contribution is 2.21. The van der Waals surface area contributed by atoms with Crippen LogP contribution in [0.1, 0.15) is 15.9 Å². The van der Waals surface area contributed by atoms with Gasteiger partial charge in [0.05, 0.1) is 11.9 Å². The number of carbonyl (C=O) groups is 1. The number of carbonyl (C=O) groups excluding carboxylic acids is 1. The molecule has 0 saturated carbocycles. The number of hydrogen-bond acceptors (Lipinski definition) is 4. The number of nitrogens with zero attached hydrogens (tertiary/aromatic N) is 1. The average molecular weight is 294 g/mol. The number of nitrogens with one attached hydrogen (secondary N) is 3. The second-order valence-electron chi connectivity index (χ2n) is 4.08. The number of anilines is 1. The average Bonchev–Trinajstić information content (AvgIpc) is 2.95. The molecule has 2 rings (SSSR count). The summed E-state index contributed by atoms with van der Waals surface area (Å²) in [6.07, 6.45) is 1.35. The summed E-state index contributed by atoms with van der Waals surface area (Å²) in [5.74, 6) is -0.273. The van der Waals surface area contributed by atoms with Crippen LogP contribution >= 0.6 is 0 Å². The number of sulfonamides is 1. The van der Waals surface area contributed by atoms with Crippen LogP contribution in [0.5, 0.6) is 0 Å². The van der Waals surface area contributed by atoms with E-state index in [9.17, 15) is 13.2 Å². The van der Waals surface area contributed by atoms with Crippen molar-refractivity contribution in [2.45, 2.75) is 11.9 Å². The summed E-state index contributed by atoms with van der Waals surface area (Å²) in [6, 6.07) is 6.18. The van der Waals surface area contributed by atoms with E-state index in [1.54, 1.807) is 25.1 Å². The van der Waals surface area contributed by atoms with E-state index >= 15 is 0 Å². The lowest BCUT2D eigenvalue weighted by molar-refractivity contribution is 0.0962. The Morgan fingerprint density at radius 3 is 2.65 bits per heavy atom. The summed E-state index contributed by atoms with van der Waals surface area (Å²) in [6.45, 7) is 1.68. The van der Waals surface area contributed by atoms with Crippen molar-refractivity contribution in [1.82, 2.24) is 15.5 Å². The fourth-order valence-corrected chi connectivity index (χ4v) is 2.75. The van der Waals surface area contributed by atoms with E-state index in [1.165, 1.54) is 19.3 Å². The van der Waals surface area contributed by atoms with Crippen LogP contribution in [-0.4, -0.2) is 31.6 Å². The summed E-state index contributed by atoms with van der Waals surface area (Å²) in [7, 11) is -2.22. The van der Waals surface area contributed by atoms with Crippen molar-refractivity contribution in [3.8, 4) is 0 Å². The summed E-state index contributed by atoms with van der Waals surface area (Å²) in [4.78, 5) is 11.7. The van der Waals surface area contributed by atoms with E-state index in [0.29, 0.717) is 16.8 Å². The minimum Gasteiger partial charge on any atom is -0.355 e. The molecule has 7 nitrogen and oxygen atoms in total. The minimum atomic E-state index is -3.74. The monoisotopic (exact) mass is 294 g/mol. The SMILES string of the molecule is CNC(=O)c1cccc(NS(=O)(=O)c2ccn[nH]2)c1C. The van der Waals surface area contributed by atoms with Crippen molar-refractivity contribution in [2.75, 3.05) is 11.8 Å². The fourth-order valence-electron chi connectivity index (χ4n) is 1.72. The first kappa shape index (κ1) is 14.1. The Balaban J connectivity index is 2.38. The van der Waals surface area contributed by atoms with Crippen LogP contribution in [0.4, 0.5) is 5.69 Å². The lowest BCUT2D eigenvalue weighted by atomic mass is 10.1. The van der Waals surface area contributed by atoms with Gasteiger partial charge in [0.2, 0.25) is 0 Å². The highest BCUT2D eigenvalue weighted by Gasteiger charge is 2.18. The van der Waals surface area contributed by atoms with Crippen molar-refractivity contribution in [3.05, 3.63) is 41.6 Å². The second-order valence-corrected chi connectivity index (χ2v) is 5.73. The van der Waals surface area contributed by atoms with Gasteiger partial charge >= 0.3 is 0 Å². The number of benzene rings is 1. The predicted octanol–water partition coefficient (Wildman–Crippen LogP) is 0.879. The van der Waals surface area contributed by atoms with Crippen molar-refractivity contribution in [1.29, 1.82) is 0 Å². The number of amides is 1. The molecule has 2 aromatic rings. The zero-order valence-electron chi connectivity index (χ0n) is 11.0. The first-order valence-electron chi connectivity index (χ1n) is 5.79. The van der Waals surface area contributed by atoms with Crippen LogP contribution in [0, 0.1) is 6.92 Å². The largest absolute Gasteiger partial charge is 0.355 e. The lowest BCUT2D eigenvalue weighted by Crippen LogP contribution is -2.20. The third-order valence-electron chi connectivity index (χ3n) is 2.81. The molecule has 1 aromatic carbocycles. The maximum absolute atomic E-state index is 12.1. The maximum atomic E-state index is 12.1. The highest BCUT2D eigenvalue weighted by molar-refractivity contribution is 7.92. The van der Waals surface area contributed by atoms with E-state index in [2.05, 4.69) is 20.2 Å². The maximum Gasteiger partial charge on any atom is 0.278 e. The lowest BCUT2D eigenvalue weighted by Gasteiger charge is -2.12. The molecule has 0 aliphatic carbocycles. The molecule has 0 atom stereocenters. The zero-order valence-corrected chi connectivity index (χ0v) is 11.8. The van der Waals surface area contributed by atoms with E-state index < -0.39 is 10.0 Å². The van der Waals surface area contributed by atoms with Crippen LogP contribution in [0.25, 0.3) is 0 Å². The van der Waals surface area contributed by atoms with E-state index in [1.807, 2.05) is 0 Å². The Bertz CT molecular complexity index is 723. The van der Waals surface area contributed by atoms with E-state index in [0.717, 1.165) is 0 Å². The quantitative estimate of drug-likeness (QED) is 0.778. The molecule has 8 heteroatoms. The summed E-state index contributed by atoms with van der Waals surface area (Å²) in [5, 5.41) is 8.46. The first-order chi connectivity index (χ1) is 9.45. The van der Waals surface area contributed by atoms with Crippen molar-refractivity contribution in [2.24, 2.45) is 0 Å². The second kappa shape index (κ2) is 5.33. The summed E-state index contributed by atoms with van der Waals surface area (Å²) >= 11 is 0. The van der Waals surface area contributed by atoms with Gasteiger partial charge in [-0.05, 0) is 30.7 Å². The van der Waals surface area contributed by atoms with Gasteiger partial charge in [0.15, 0.2) is 5.03 Å². The van der Waals surface area contributed by atoms with Crippen molar-refractivity contribution < 1.29 is 13.2 Å². The topological polar surface area (TPSA) is 104 Å². The zero-order chi connectivity index (χ0) is 14.8. The molecular weight excluding hydrogens is 280 g/mol. The number of hydrogen-bond donors (Lipinski definition) is 3. The van der Waals surface area contributed by atoms with Crippen LogP contribution < -0.4 is 10.0 Å². The smallest absolute Gasteiger partial charge is 0.278 e. The fraction of sp³-hybridized carbons (Fsp3) is 0.167. The Morgan fingerprint density at radius 2 is 2.05 bits per heavy atom. The van der Waals surface area contributed by atoms with Gasteiger partial charge in [-0.2, -0.15) is 13.5 Å². The molecule has 106 valence electrons. The summed E-state index contributed by atoms with van der Waals surface area (Å²) < 4.78 is 26.6. The van der Waals surface area contributed by atoms with Gasteiger partial charge in [0, 0.05) is 12.6 Å². The molecule has 0 aliphatic heterocycles. The molecule has 0 saturated heterocycles. The number of H-pyrrole nitrogens is 1. The van der Waals surface area contributed by atoms with Crippen LogP contribution in [0.15, 0.2) is 35.5 Å². The molecule has 3 N–H and O–H groups in total. The molecule has 1 aromatic heterocycles. The number of aromatic nitrogens is 2. The third-order valence-corrected chi connectivity index (χ3v) is 4.11. The van der Waals surface area contributed by atoms with Gasteiger partial charge in [-0.25, -0.2) is 0 Å². The van der Waals surface area contributed by atoms with Gasteiger partial charge in [0.25, 0.3) is 15.9 Å². The molecular formula is C12H14N4O3S. The van der Waals surface area contributed by atoms with Crippen LogP contribution in [-0.2, 0) is 10.0 Å². The van der Waals surface area contributed by atoms with Gasteiger partial charge in [-0.1, -0.05) is 6.07 Å². The Kier molecular flexibility index (Phi) is 3.75. The first-order valence-corrected chi connectivity index (χ1v) is 7.28. The molecule has 0 radical (unpaired) electrons. The highest BCUT2D eigenvalue weighted by atomic mass is 32.2. The third kappa shape index (κ3) is 2.64. The normalized spacial score (nSPS) is 11.1. The van der Waals surface area contributed by atoms with Crippen molar-refractivity contribution >= 4 is 21.6 Å². The van der Waals surface area contributed by atoms with E-state index in [-0.39, 0.29) is 10.9 Å². The van der Waals surface area contributed by atoms with E-state index in [4.69, 9.17) is 0 Å². The molecule has 0 unspecified atom stereocenters. The van der Waals surface area contributed by atoms with Gasteiger partial charge < -0.3 is 5.32 Å². The van der Waals surface area contributed by atoms with Gasteiger partial charge in [0.1, 0.15) is 0 Å². The summed E-state index contributed by atoms with van der Waals surface area (Å²) in [5.41, 5.74) is 1.31. The van der Waals surface area contributed by atoms with Crippen LogP contribution in [0.2, 0.25) is 0 Å².